The van der Waals surface area contributed by atoms with Gasteiger partial charge in [0, 0.05) is 18.3 Å². The molecule has 0 unspecified atom stereocenters. The zero-order valence-corrected chi connectivity index (χ0v) is 8.23. The number of ether oxygens (including phenoxy) is 1. The molecule has 1 aromatic rings. The van der Waals surface area contributed by atoms with E-state index in [1.165, 1.54) is 6.42 Å². The van der Waals surface area contributed by atoms with Gasteiger partial charge in [-0.25, -0.2) is 9.97 Å². The van der Waals surface area contributed by atoms with E-state index < -0.39 is 0 Å². The Labute approximate surface area is 82.9 Å². The summed E-state index contributed by atoms with van der Waals surface area (Å²) < 4.78 is 5.54. The van der Waals surface area contributed by atoms with Crippen LogP contribution in [-0.2, 0) is 4.74 Å². The molecule has 4 heteroatoms. The Morgan fingerprint density at radius 2 is 2.29 bits per heavy atom. The highest BCUT2D eigenvalue weighted by molar-refractivity contribution is 5.38. The van der Waals surface area contributed by atoms with Crippen LogP contribution < -0.4 is 4.90 Å². The molecule has 0 atom stereocenters. The van der Waals surface area contributed by atoms with E-state index in [-0.39, 0.29) is 5.60 Å². The number of hydrogen-bond acceptors (Lipinski definition) is 4. The Morgan fingerprint density at radius 3 is 2.86 bits per heavy atom. The van der Waals surface area contributed by atoms with Crippen LogP contribution in [0.2, 0.25) is 0 Å². The quantitative estimate of drug-likeness (QED) is 0.657. The van der Waals surface area contributed by atoms with Gasteiger partial charge >= 0.3 is 0 Å². The van der Waals surface area contributed by atoms with E-state index in [1.807, 2.05) is 19.2 Å². The van der Waals surface area contributed by atoms with E-state index in [0.29, 0.717) is 0 Å². The number of nitrogens with zero attached hydrogens (tertiary/aromatic N) is 3. The Hall–Kier alpha value is -1.16. The van der Waals surface area contributed by atoms with Crippen LogP contribution in [0.5, 0.6) is 0 Å². The molecule has 3 rings (SSSR count). The Morgan fingerprint density at radius 1 is 1.50 bits per heavy atom. The minimum absolute atomic E-state index is 0.160. The van der Waals surface area contributed by atoms with Crippen molar-refractivity contribution >= 4 is 5.95 Å². The first-order valence-corrected chi connectivity index (χ1v) is 4.96. The monoisotopic (exact) mass is 191 g/mol. The summed E-state index contributed by atoms with van der Waals surface area (Å²) in [6.07, 6.45) is 3.00. The predicted octanol–water partition coefficient (Wildman–Crippen LogP) is 0.764. The van der Waals surface area contributed by atoms with E-state index >= 15 is 0 Å². The first kappa shape index (κ1) is 8.17. The summed E-state index contributed by atoms with van der Waals surface area (Å²) in [5.41, 5.74) is 1.18. The normalized spacial score (nSPS) is 23.1. The maximum atomic E-state index is 5.54. The highest BCUT2D eigenvalue weighted by atomic mass is 16.5. The summed E-state index contributed by atoms with van der Waals surface area (Å²) in [5.74, 6) is 0.839. The SMILES string of the molecule is Cc1ccnc(N2CC3(CCO3)C2)n1. The Balaban J connectivity index is 1.73. The van der Waals surface area contributed by atoms with Gasteiger partial charge in [-0.3, -0.25) is 0 Å². The molecule has 4 nitrogen and oxygen atoms in total. The number of hydrogen-bond donors (Lipinski definition) is 0. The van der Waals surface area contributed by atoms with Crippen molar-refractivity contribution < 1.29 is 4.74 Å². The minimum Gasteiger partial charge on any atom is -0.371 e. The highest BCUT2D eigenvalue weighted by Gasteiger charge is 2.49. The second-order valence-electron chi connectivity index (χ2n) is 4.14. The number of aromatic nitrogens is 2. The summed E-state index contributed by atoms with van der Waals surface area (Å²) in [6, 6.07) is 1.92. The fraction of sp³-hybridized carbons (Fsp3) is 0.600. The first-order chi connectivity index (χ1) is 6.77. The van der Waals surface area contributed by atoms with Crippen LogP contribution in [0, 0.1) is 6.92 Å². The fourth-order valence-corrected chi connectivity index (χ4v) is 2.02. The standard InChI is InChI=1S/C10H13N3O/c1-8-2-4-11-9(12-8)13-6-10(7-13)3-5-14-10/h2,4H,3,5-7H2,1H3. The third kappa shape index (κ3) is 1.10. The molecule has 0 saturated carbocycles. The van der Waals surface area contributed by atoms with Gasteiger partial charge in [0.05, 0.1) is 19.7 Å². The van der Waals surface area contributed by atoms with Crippen molar-refractivity contribution in [3.8, 4) is 0 Å². The van der Waals surface area contributed by atoms with Gasteiger partial charge in [-0.2, -0.15) is 0 Å². The van der Waals surface area contributed by atoms with Crippen molar-refractivity contribution in [2.24, 2.45) is 0 Å². The third-order valence-electron chi connectivity index (χ3n) is 2.99. The molecule has 0 aromatic carbocycles. The molecule has 0 aliphatic carbocycles. The summed E-state index contributed by atoms with van der Waals surface area (Å²) in [4.78, 5) is 10.8. The molecule has 2 fully saturated rings. The number of anilines is 1. The number of rotatable bonds is 1. The van der Waals surface area contributed by atoms with Gasteiger partial charge in [0.2, 0.25) is 5.95 Å². The van der Waals surface area contributed by atoms with Gasteiger partial charge in [0.25, 0.3) is 0 Å². The van der Waals surface area contributed by atoms with Crippen LogP contribution in [-0.4, -0.2) is 35.3 Å². The van der Waals surface area contributed by atoms with Crippen LogP contribution in [0.25, 0.3) is 0 Å². The van der Waals surface area contributed by atoms with Crippen LogP contribution >= 0.6 is 0 Å². The topological polar surface area (TPSA) is 38.2 Å². The summed E-state index contributed by atoms with van der Waals surface area (Å²) >= 11 is 0. The van der Waals surface area contributed by atoms with E-state index in [1.54, 1.807) is 0 Å². The highest BCUT2D eigenvalue weighted by Crippen LogP contribution is 2.37. The first-order valence-electron chi connectivity index (χ1n) is 4.96. The van der Waals surface area contributed by atoms with Crippen LogP contribution in [0.4, 0.5) is 5.95 Å². The molecule has 2 aliphatic heterocycles. The molecule has 0 N–H and O–H groups in total. The lowest BCUT2D eigenvalue weighted by Gasteiger charge is -2.54. The lowest BCUT2D eigenvalue weighted by molar-refractivity contribution is -0.161. The maximum Gasteiger partial charge on any atom is 0.225 e. The lowest BCUT2D eigenvalue weighted by Crippen LogP contribution is -2.68. The summed E-state index contributed by atoms with van der Waals surface area (Å²) in [6.45, 7) is 4.82. The van der Waals surface area contributed by atoms with Gasteiger partial charge in [0.15, 0.2) is 0 Å². The van der Waals surface area contributed by atoms with E-state index in [0.717, 1.165) is 31.3 Å². The van der Waals surface area contributed by atoms with E-state index in [4.69, 9.17) is 4.74 Å². The van der Waals surface area contributed by atoms with Crippen LogP contribution in [0.3, 0.4) is 0 Å². The van der Waals surface area contributed by atoms with Gasteiger partial charge in [-0.1, -0.05) is 0 Å². The summed E-state index contributed by atoms with van der Waals surface area (Å²) in [5, 5.41) is 0. The van der Waals surface area contributed by atoms with Crippen molar-refractivity contribution in [2.75, 3.05) is 24.6 Å². The molecule has 1 spiro atoms. The predicted molar refractivity (Wildman–Crippen MR) is 52.3 cm³/mol. The van der Waals surface area contributed by atoms with Gasteiger partial charge in [-0.15, -0.1) is 0 Å². The van der Waals surface area contributed by atoms with Crippen LogP contribution in [0.15, 0.2) is 12.3 Å². The van der Waals surface area contributed by atoms with Crippen LogP contribution in [0.1, 0.15) is 12.1 Å². The van der Waals surface area contributed by atoms with Crippen molar-refractivity contribution in [3.05, 3.63) is 18.0 Å². The molecule has 0 bridgehead atoms. The molecule has 3 heterocycles. The third-order valence-corrected chi connectivity index (χ3v) is 2.99. The summed E-state index contributed by atoms with van der Waals surface area (Å²) in [7, 11) is 0. The van der Waals surface area contributed by atoms with Crippen molar-refractivity contribution in [3.63, 3.8) is 0 Å². The number of aryl methyl sites for hydroxylation is 1. The molecule has 74 valence electrons. The van der Waals surface area contributed by atoms with Gasteiger partial charge < -0.3 is 9.64 Å². The molecule has 1 aromatic heterocycles. The van der Waals surface area contributed by atoms with E-state index in [2.05, 4.69) is 14.9 Å². The largest absolute Gasteiger partial charge is 0.371 e. The molecule has 0 radical (unpaired) electrons. The molecule has 0 amide bonds. The van der Waals surface area contributed by atoms with Gasteiger partial charge in [-0.05, 0) is 13.0 Å². The fourth-order valence-electron chi connectivity index (χ4n) is 2.02. The second kappa shape index (κ2) is 2.67. The Kier molecular flexibility index (Phi) is 1.56. The van der Waals surface area contributed by atoms with Crippen molar-refractivity contribution in [1.82, 2.24) is 9.97 Å². The van der Waals surface area contributed by atoms with E-state index in [9.17, 15) is 0 Å². The lowest BCUT2D eigenvalue weighted by atomic mass is 9.86. The molecular weight excluding hydrogens is 178 g/mol. The maximum absolute atomic E-state index is 5.54. The zero-order chi connectivity index (χ0) is 9.60. The van der Waals surface area contributed by atoms with Gasteiger partial charge in [0.1, 0.15) is 5.60 Å². The molecular formula is C10H13N3O. The average molecular weight is 191 g/mol. The molecule has 2 saturated heterocycles. The molecule has 2 aliphatic rings. The molecule has 14 heavy (non-hydrogen) atoms. The zero-order valence-electron chi connectivity index (χ0n) is 8.23. The second-order valence-corrected chi connectivity index (χ2v) is 4.14. The smallest absolute Gasteiger partial charge is 0.225 e. The van der Waals surface area contributed by atoms with Crippen molar-refractivity contribution in [2.45, 2.75) is 18.9 Å². The Bertz CT molecular complexity index is 354. The average Bonchev–Trinajstić information content (AvgIpc) is 1.98. The van der Waals surface area contributed by atoms with Crippen molar-refractivity contribution in [1.29, 1.82) is 0 Å². The minimum atomic E-state index is 0.160.